The molecule has 0 aromatic heterocycles. The number of anilines is 2. The Morgan fingerprint density at radius 1 is 1.16 bits per heavy atom. The van der Waals surface area contributed by atoms with Crippen molar-refractivity contribution in [3.8, 4) is 11.5 Å². The van der Waals surface area contributed by atoms with Crippen molar-refractivity contribution in [3.63, 3.8) is 0 Å². The van der Waals surface area contributed by atoms with Crippen molar-refractivity contribution in [3.05, 3.63) is 94.4 Å². The minimum Gasteiger partial charge on any atom is -0.457 e. The number of amides is 1. The normalized spacial score (nSPS) is 17.5. The molecule has 2 saturated heterocycles. The van der Waals surface area contributed by atoms with Gasteiger partial charge in [0.15, 0.2) is 0 Å². The summed E-state index contributed by atoms with van der Waals surface area (Å²) >= 11 is 1.23. The third kappa shape index (κ3) is 8.24. The molecule has 2 fully saturated rings. The van der Waals surface area contributed by atoms with Gasteiger partial charge in [0.25, 0.3) is 5.91 Å². The molecule has 2 aliphatic rings. The molecule has 2 aromatic rings. The van der Waals surface area contributed by atoms with E-state index >= 15 is 13.2 Å². The second-order valence-electron chi connectivity index (χ2n) is 11.1. The average molecular weight is 625 g/mol. The first-order valence-corrected chi connectivity index (χ1v) is 15.5. The van der Waals surface area contributed by atoms with Crippen molar-refractivity contribution in [2.45, 2.75) is 45.7 Å². The number of hydrogen-bond acceptors (Lipinski definition) is 6. The van der Waals surface area contributed by atoms with E-state index < -0.39 is 17.6 Å². The zero-order valence-electron chi connectivity index (χ0n) is 25.2. The Labute approximate surface area is 261 Å². The lowest BCUT2D eigenvalue weighted by atomic mass is 9.72. The fourth-order valence-electron chi connectivity index (χ4n) is 5.73. The summed E-state index contributed by atoms with van der Waals surface area (Å²) in [5.74, 6) is -0.522. The molecule has 10 heteroatoms. The zero-order valence-corrected chi connectivity index (χ0v) is 26.0. The van der Waals surface area contributed by atoms with Crippen molar-refractivity contribution in [2.75, 3.05) is 36.4 Å². The Morgan fingerprint density at radius 3 is 2.55 bits per heavy atom. The number of aliphatic imine (C=N–C) groups is 1. The summed E-state index contributed by atoms with van der Waals surface area (Å²) in [6.45, 7) is 13.6. The van der Waals surface area contributed by atoms with Crippen LogP contribution in [0, 0.1) is 5.41 Å². The van der Waals surface area contributed by atoms with Gasteiger partial charge >= 0.3 is 6.18 Å². The Hall–Kier alpha value is -3.76. The predicted octanol–water partition coefficient (Wildman–Crippen LogP) is 8.72. The standard InChI is InChI=1S/C34H39F3N4O2S/c1-5-10-26(21-38-4)25(3)44-22-24(2)32(42)40-28-13-14-29(43-27-11-7-6-8-12-27)30(34(35,36)37)31(28)41-20-9-15-33(23-41)16-18-39-19-17-33/h5-8,10-14,21-22,39H,3-4,9,15-20,23H2,1-2H3,(H,40,42)/b10-5-,24-22+,26-21+. The summed E-state index contributed by atoms with van der Waals surface area (Å²) < 4.78 is 50.9. The van der Waals surface area contributed by atoms with Crippen LogP contribution in [0.25, 0.3) is 0 Å². The molecule has 1 spiro atoms. The number of halogens is 3. The van der Waals surface area contributed by atoms with Gasteiger partial charge < -0.3 is 20.3 Å². The minimum absolute atomic E-state index is 0.0582. The molecular weight excluding hydrogens is 585 g/mol. The molecule has 0 unspecified atom stereocenters. The predicted molar refractivity (Wildman–Crippen MR) is 176 cm³/mol. The van der Waals surface area contributed by atoms with Crippen molar-refractivity contribution in [2.24, 2.45) is 10.4 Å². The molecule has 6 nitrogen and oxygen atoms in total. The van der Waals surface area contributed by atoms with Gasteiger partial charge in [-0.1, -0.05) is 48.7 Å². The number of carbonyl (C=O) groups is 1. The van der Waals surface area contributed by atoms with Crippen LogP contribution in [0.15, 0.2) is 93.8 Å². The highest BCUT2D eigenvalue weighted by atomic mass is 32.2. The fourth-order valence-corrected chi connectivity index (χ4v) is 6.41. The highest BCUT2D eigenvalue weighted by Gasteiger charge is 2.44. The van der Waals surface area contributed by atoms with Gasteiger partial charge in [-0.2, -0.15) is 13.2 Å². The average Bonchev–Trinajstić information content (AvgIpc) is 3.00. The fraction of sp³-hybridized carbons (Fsp3) is 0.353. The Kier molecular flexibility index (Phi) is 11.2. The lowest BCUT2D eigenvalue weighted by Gasteiger charge is -2.47. The Morgan fingerprint density at radius 2 is 1.89 bits per heavy atom. The van der Waals surface area contributed by atoms with E-state index in [9.17, 15) is 4.79 Å². The van der Waals surface area contributed by atoms with Gasteiger partial charge in [-0.3, -0.25) is 9.79 Å². The first-order chi connectivity index (χ1) is 21.1. The first kappa shape index (κ1) is 33.1. The lowest BCUT2D eigenvalue weighted by molar-refractivity contribution is -0.138. The number of para-hydroxylation sites is 1. The summed E-state index contributed by atoms with van der Waals surface area (Å²) in [4.78, 5) is 19.6. The summed E-state index contributed by atoms with van der Waals surface area (Å²) in [5, 5.41) is 7.78. The van der Waals surface area contributed by atoms with Gasteiger partial charge in [-0.15, -0.1) is 0 Å². The van der Waals surface area contributed by atoms with E-state index in [4.69, 9.17) is 4.74 Å². The number of thioether (sulfide) groups is 1. The maximum Gasteiger partial charge on any atom is 0.422 e. The van der Waals surface area contributed by atoms with E-state index in [-0.39, 0.29) is 22.5 Å². The van der Waals surface area contributed by atoms with Crippen molar-refractivity contribution < 1.29 is 22.7 Å². The van der Waals surface area contributed by atoms with E-state index in [0.717, 1.165) is 44.3 Å². The van der Waals surface area contributed by atoms with Crippen LogP contribution >= 0.6 is 11.8 Å². The molecule has 0 saturated carbocycles. The molecule has 2 aliphatic heterocycles. The molecular formula is C34H39F3N4O2S. The number of hydrogen-bond donors (Lipinski definition) is 2. The first-order valence-electron chi connectivity index (χ1n) is 14.6. The zero-order chi connectivity index (χ0) is 31.7. The highest BCUT2D eigenvalue weighted by Crippen LogP contribution is 2.50. The smallest absolute Gasteiger partial charge is 0.422 e. The van der Waals surface area contributed by atoms with E-state index in [2.05, 4.69) is 28.9 Å². The molecule has 2 aromatic carbocycles. The summed E-state index contributed by atoms with van der Waals surface area (Å²) in [7, 11) is 0. The molecule has 0 bridgehead atoms. The van der Waals surface area contributed by atoms with Gasteiger partial charge in [-0.05, 0) is 94.4 Å². The highest BCUT2D eigenvalue weighted by molar-refractivity contribution is 8.06. The second-order valence-corrected chi connectivity index (χ2v) is 12.1. The number of allylic oxidation sites excluding steroid dienone is 3. The van der Waals surface area contributed by atoms with Crippen LogP contribution in [0.4, 0.5) is 24.5 Å². The maximum atomic E-state index is 15.0. The number of alkyl halides is 3. The molecule has 0 atom stereocenters. The van der Waals surface area contributed by atoms with Crippen molar-refractivity contribution >= 4 is 35.8 Å². The van der Waals surface area contributed by atoms with Crippen LogP contribution in [0.2, 0.25) is 0 Å². The third-order valence-corrected chi connectivity index (χ3v) is 8.91. The van der Waals surface area contributed by atoms with Gasteiger partial charge in [0.1, 0.15) is 17.1 Å². The van der Waals surface area contributed by atoms with Crippen LogP contribution in [-0.4, -0.2) is 38.8 Å². The molecule has 0 aliphatic carbocycles. The molecule has 0 radical (unpaired) electrons. The topological polar surface area (TPSA) is 66.0 Å². The molecule has 234 valence electrons. The van der Waals surface area contributed by atoms with Gasteiger partial charge in [0.2, 0.25) is 0 Å². The minimum atomic E-state index is -4.74. The quantitative estimate of drug-likeness (QED) is 0.157. The largest absolute Gasteiger partial charge is 0.457 e. The third-order valence-electron chi connectivity index (χ3n) is 7.92. The SMILES string of the molecule is C=N/C=C(\C=C/C)C(=C)S/C=C(\C)C(=O)Nc1ccc(Oc2ccccc2)c(C(F)(F)F)c1N1CCCC2(CCNCC2)C1. The van der Waals surface area contributed by atoms with Crippen LogP contribution in [0.3, 0.4) is 0 Å². The number of benzene rings is 2. The van der Waals surface area contributed by atoms with Crippen molar-refractivity contribution in [1.82, 2.24) is 5.32 Å². The van der Waals surface area contributed by atoms with Crippen LogP contribution in [-0.2, 0) is 11.0 Å². The van der Waals surface area contributed by atoms with Crippen molar-refractivity contribution in [1.29, 1.82) is 0 Å². The summed E-state index contributed by atoms with van der Waals surface area (Å²) in [6, 6.07) is 11.2. The molecule has 1 amide bonds. The monoisotopic (exact) mass is 624 g/mol. The van der Waals surface area contributed by atoms with Gasteiger partial charge in [0.05, 0.1) is 11.4 Å². The Balaban J connectivity index is 1.72. The summed E-state index contributed by atoms with van der Waals surface area (Å²) in [6.07, 6.45) is 3.98. The number of nitrogens with one attached hydrogen (secondary N) is 2. The van der Waals surface area contributed by atoms with E-state index in [1.807, 2.05) is 19.1 Å². The van der Waals surface area contributed by atoms with Gasteiger partial charge in [0, 0.05) is 35.3 Å². The van der Waals surface area contributed by atoms with E-state index in [1.54, 1.807) is 53.8 Å². The van der Waals surface area contributed by atoms with E-state index in [1.165, 1.54) is 23.9 Å². The van der Waals surface area contributed by atoms with Crippen LogP contribution < -0.4 is 20.3 Å². The van der Waals surface area contributed by atoms with Crippen LogP contribution in [0.1, 0.15) is 45.1 Å². The molecule has 2 N–H and O–H groups in total. The number of rotatable bonds is 10. The summed E-state index contributed by atoms with van der Waals surface area (Å²) in [5.41, 5.74) is 0.107. The second kappa shape index (κ2) is 14.8. The molecule has 2 heterocycles. The maximum absolute atomic E-state index is 15.0. The van der Waals surface area contributed by atoms with Crippen LogP contribution in [0.5, 0.6) is 11.5 Å². The number of carbonyl (C=O) groups excluding carboxylic acids is 1. The van der Waals surface area contributed by atoms with Gasteiger partial charge in [-0.25, -0.2) is 0 Å². The molecule has 44 heavy (non-hydrogen) atoms. The molecule has 4 rings (SSSR count). The lowest BCUT2D eigenvalue weighted by Crippen LogP contribution is -2.49. The number of ether oxygens (including phenoxy) is 1. The van der Waals surface area contributed by atoms with E-state index in [0.29, 0.717) is 29.3 Å². The number of piperidine rings is 2. The Bertz CT molecular complexity index is 1440. The number of nitrogens with zero attached hydrogens (tertiary/aromatic N) is 2.